The van der Waals surface area contributed by atoms with E-state index in [4.69, 9.17) is 10.5 Å². The number of carbonyl (C=O) groups excluding carboxylic acids is 1. The summed E-state index contributed by atoms with van der Waals surface area (Å²) in [7, 11) is 0. The molecule has 0 radical (unpaired) electrons. The minimum atomic E-state index is -0.560. The Morgan fingerprint density at radius 1 is 1.24 bits per heavy atom. The number of hydrazone groups is 1. The number of benzene rings is 2. The van der Waals surface area contributed by atoms with Crippen molar-refractivity contribution in [3.63, 3.8) is 0 Å². The molecule has 0 saturated heterocycles. The lowest BCUT2D eigenvalue weighted by Gasteiger charge is -2.06. The second kappa shape index (κ2) is 8.96. The van der Waals surface area contributed by atoms with Crippen LogP contribution < -0.4 is 21.5 Å². The summed E-state index contributed by atoms with van der Waals surface area (Å²) in [5.74, 6) is 0.0450. The topological polar surface area (TPSA) is 146 Å². The maximum Gasteiger partial charge on any atom is 0.270 e. The number of aromatic amines is 1. The fourth-order valence-corrected chi connectivity index (χ4v) is 2.41. The molecule has 0 bridgehead atoms. The number of nitriles is 1. The Labute approximate surface area is 165 Å². The van der Waals surface area contributed by atoms with Crippen molar-refractivity contribution in [1.29, 1.82) is 5.26 Å². The molecule has 3 rings (SSSR count). The molecule has 0 fully saturated rings. The molecule has 1 aromatic heterocycles. The fraction of sp³-hybridized carbons (Fsp3) is 0.0500. The molecule has 1 heterocycles. The van der Waals surface area contributed by atoms with Crippen LogP contribution in [0.3, 0.4) is 0 Å². The van der Waals surface area contributed by atoms with Gasteiger partial charge in [-0.3, -0.25) is 14.6 Å². The monoisotopic (exact) mass is 388 g/mol. The number of hydrogen-bond acceptors (Lipinski definition) is 7. The van der Waals surface area contributed by atoms with Gasteiger partial charge in [-0.05, 0) is 29.8 Å². The predicted molar refractivity (Wildman–Crippen MR) is 107 cm³/mol. The maximum absolute atomic E-state index is 12.2. The van der Waals surface area contributed by atoms with Crippen LogP contribution in [0, 0.1) is 11.3 Å². The molecule has 29 heavy (non-hydrogen) atoms. The molecule has 0 saturated carbocycles. The van der Waals surface area contributed by atoms with Gasteiger partial charge in [0.1, 0.15) is 17.4 Å². The number of hydrogen-bond donors (Lipinski definition) is 3. The van der Waals surface area contributed by atoms with Crippen LogP contribution in [0.2, 0.25) is 0 Å². The number of rotatable bonds is 7. The predicted octanol–water partition coefficient (Wildman–Crippen LogP) is 1.62. The molecule has 2 aromatic carbocycles. The molecule has 9 nitrogen and oxygen atoms in total. The standard InChI is InChI=1S/C20H16N6O3/c21-10-16-18(14-4-2-1-3-5-14)24-20(25-19(16)28)26-23-11-13-6-8-15(9-7-13)29-12-17(22)27/h1-9,11H,12H2,(H2,22,27)(H2,24,25,26,28). The average molecular weight is 388 g/mol. The Hall–Kier alpha value is -4.45. The number of amides is 1. The Bertz CT molecular complexity index is 1130. The van der Waals surface area contributed by atoms with Crippen molar-refractivity contribution in [3.8, 4) is 23.1 Å². The van der Waals surface area contributed by atoms with Gasteiger partial charge in [0.25, 0.3) is 11.5 Å². The van der Waals surface area contributed by atoms with Gasteiger partial charge in [-0.2, -0.15) is 10.4 Å². The van der Waals surface area contributed by atoms with Crippen LogP contribution in [0.1, 0.15) is 11.1 Å². The van der Waals surface area contributed by atoms with Crippen molar-refractivity contribution in [2.24, 2.45) is 10.8 Å². The fourth-order valence-electron chi connectivity index (χ4n) is 2.41. The molecule has 1 amide bonds. The summed E-state index contributed by atoms with van der Waals surface area (Å²) in [6.45, 7) is -0.198. The quantitative estimate of drug-likeness (QED) is 0.414. The Morgan fingerprint density at radius 3 is 2.62 bits per heavy atom. The lowest BCUT2D eigenvalue weighted by Crippen LogP contribution is -2.19. The van der Waals surface area contributed by atoms with E-state index < -0.39 is 11.5 Å². The number of anilines is 1. The molecule has 0 aliphatic heterocycles. The van der Waals surface area contributed by atoms with E-state index in [9.17, 15) is 14.9 Å². The van der Waals surface area contributed by atoms with Crippen molar-refractivity contribution < 1.29 is 9.53 Å². The molecule has 0 aliphatic rings. The zero-order valence-corrected chi connectivity index (χ0v) is 15.1. The second-order valence-electron chi connectivity index (χ2n) is 5.81. The van der Waals surface area contributed by atoms with Gasteiger partial charge in [0.2, 0.25) is 5.95 Å². The van der Waals surface area contributed by atoms with Crippen LogP contribution in [0.4, 0.5) is 5.95 Å². The number of H-pyrrole nitrogens is 1. The minimum absolute atomic E-state index is 0.0720. The van der Waals surface area contributed by atoms with Crippen LogP contribution in [0.15, 0.2) is 64.5 Å². The van der Waals surface area contributed by atoms with Gasteiger partial charge >= 0.3 is 0 Å². The third-order valence-corrected chi connectivity index (χ3v) is 3.72. The first-order valence-electron chi connectivity index (χ1n) is 8.47. The van der Waals surface area contributed by atoms with Crippen molar-refractivity contribution in [1.82, 2.24) is 9.97 Å². The van der Waals surface area contributed by atoms with E-state index in [-0.39, 0.29) is 23.8 Å². The summed E-state index contributed by atoms with van der Waals surface area (Å²) in [6.07, 6.45) is 1.51. The zero-order chi connectivity index (χ0) is 20.6. The summed E-state index contributed by atoms with van der Waals surface area (Å²) >= 11 is 0. The highest BCUT2D eigenvalue weighted by atomic mass is 16.5. The van der Waals surface area contributed by atoms with Gasteiger partial charge in [0.05, 0.1) is 11.9 Å². The Balaban J connectivity index is 1.75. The number of primary amides is 1. The van der Waals surface area contributed by atoms with E-state index in [0.29, 0.717) is 11.3 Å². The van der Waals surface area contributed by atoms with Crippen LogP contribution in [-0.4, -0.2) is 28.7 Å². The highest BCUT2D eigenvalue weighted by Crippen LogP contribution is 2.19. The SMILES string of the molecule is N#Cc1c(-c2ccccc2)nc(NN=Cc2ccc(OCC(N)=O)cc2)[nH]c1=O. The van der Waals surface area contributed by atoms with E-state index >= 15 is 0 Å². The smallest absolute Gasteiger partial charge is 0.270 e. The Morgan fingerprint density at radius 2 is 1.97 bits per heavy atom. The summed E-state index contributed by atoms with van der Waals surface area (Å²) in [4.78, 5) is 29.7. The molecule has 0 spiro atoms. The van der Waals surface area contributed by atoms with E-state index in [0.717, 1.165) is 5.56 Å². The number of nitrogens with zero attached hydrogens (tertiary/aromatic N) is 3. The third-order valence-electron chi connectivity index (χ3n) is 3.72. The van der Waals surface area contributed by atoms with Gasteiger partial charge < -0.3 is 10.5 Å². The van der Waals surface area contributed by atoms with E-state index in [1.54, 1.807) is 48.5 Å². The molecule has 0 atom stereocenters. The maximum atomic E-state index is 12.2. The van der Waals surface area contributed by atoms with E-state index in [2.05, 4.69) is 20.5 Å². The van der Waals surface area contributed by atoms with Gasteiger partial charge in [-0.1, -0.05) is 30.3 Å². The van der Waals surface area contributed by atoms with Gasteiger partial charge in [0.15, 0.2) is 6.61 Å². The normalized spacial score (nSPS) is 10.4. The molecule has 9 heteroatoms. The van der Waals surface area contributed by atoms with Crippen molar-refractivity contribution in [2.45, 2.75) is 0 Å². The number of nitrogens with one attached hydrogen (secondary N) is 2. The zero-order valence-electron chi connectivity index (χ0n) is 15.1. The second-order valence-corrected chi connectivity index (χ2v) is 5.81. The highest BCUT2D eigenvalue weighted by Gasteiger charge is 2.12. The van der Waals surface area contributed by atoms with Gasteiger partial charge in [-0.15, -0.1) is 0 Å². The van der Waals surface area contributed by atoms with Crippen molar-refractivity contribution in [3.05, 3.63) is 76.1 Å². The van der Waals surface area contributed by atoms with Gasteiger partial charge in [0, 0.05) is 5.56 Å². The summed E-state index contributed by atoms with van der Waals surface area (Å²) in [5, 5.41) is 13.3. The first kappa shape index (κ1) is 19.3. The molecule has 3 aromatic rings. The largest absolute Gasteiger partial charge is 0.484 e. The average Bonchev–Trinajstić information content (AvgIpc) is 2.73. The molecule has 0 unspecified atom stereocenters. The van der Waals surface area contributed by atoms with E-state index in [1.807, 2.05) is 12.1 Å². The van der Waals surface area contributed by atoms with E-state index in [1.165, 1.54) is 6.21 Å². The van der Waals surface area contributed by atoms with Crippen LogP contribution in [0.25, 0.3) is 11.3 Å². The molecule has 4 N–H and O–H groups in total. The lowest BCUT2D eigenvalue weighted by molar-refractivity contribution is -0.119. The first-order valence-corrected chi connectivity index (χ1v) is 8.47. The summed E-state index contributed by atoms with van der Waals surface area (Å²) in [5.41, 5.74) is 8.70. The number of ether oxygens (including phenoxy) is 1. The Kier molecular flexibility index (Phi) is 5.97. The first-order chi connectivity index (χ1) is 14.1. The molecule has 144 valence electrons. The molecular weight excluding hydrogens is 372 g/mol. The molecule has 0 aliphatic carbocycles. The van der Waals surface area contributed by atoms with Crippen molar-refractivity contribution >= 4 is 18.1 Å². The summed E-state index contributed by atoms with van der Waals surface area (Å²) in [6, 6.07) is 17.6. The third kappa shape index (κ3) is 5.05. The minimum Gasteiger partial charge on any atom is -0.484 e. The van der Waals surface area contributed by atoms with Gasteiger partial charge in [-0.25, -0.2) is 10.4 Å². The van der Waals surface area contributed by atoms with Crippen LogP contribution in [0.5, 0.6) is 5.75 Å². The number of carbonyl (C=O) groups is 1. The highest BCUT2D eigenvalue weighted by molar-refractivity contribution is 5.80. The van der Waals surface area contributed by atoms with Crippen LogP contribution in [-0.2, 0) is 4.79 Å². The van der Waals surface area contributed by atoms with Crippen molar-refractivity contribution in [2.75, 3.05) is 12.0 Å². The summed E-state index contributed by atoms with van der Waals surface area (Å²) < 4.78 is 5.18. The lowest BCUT2D eigenvalue weighted by atomic mass is 10.1. The van der Waals surface area contributed by atoms with Crippen LogP contribution >= 0.6 is 0 Å². The number of nitrogens with two attached hydrogens (primary N) is 1. The number of aromatic nitrogens is 2. The molecular formula is C20H16N6O3.